The Labute approximate surface area is 206 Å². The van der Waals surface area contributed by atoms with Gasteiger partial charge in [0, 0.05) is 0 Å². The van der Waals surface area contributed by atoms with Crippen molar-refractivity contribution in [2.24, 2.45) is 0 Å². The fraction of sp³-hybridized carbons (Fsp3) is 0.571. The Bertz CT molecular complexity index is 986. The summed E-state index contributed by atoms with van der Waals surface area (Å²) >= 11 is 0. The average Bonchev–Trinajstić information content (AvgIpc) is 3.09. The second-order valence-corrected chi connectivity index (χ2v) is 12.2. The molecular weight excluding hydrogens is 422 g/mol. The minimum absolute atomic E-state index is 0.341. The molecule has 2 aliphatic heterocycles. The highest BCUT2D eigenvalue weighted by Crippen LogP contribution is 2.38. The lowest BCUT2D eigenvalue weighted by Crippen LogP contribution is -2.41. The van der Waals surface area contributed by atoms with E-state index in [1.165, 1.54) is 33.2 Å². The zero-order chi connectivity index (χ0) is 24.5. The molecule has 6 aliphatic rings. The zero-order valence-electron chi connectivity index (χ0n) is 22.1. The largest absolute Gasteiger partial charge is 0.495 e. The predicted molar refractivity (Wildman–Crippen MR) is 139 cm³/mol. The quantitative estimate of drug-likeness (QED) is 0.631. The molecule has 4 aliphatic carbocycles. The van der Waals surface area contributed by atoms with E-state index in [1.807, 2.05) is 0 Å². The third kappa shape index (κ3) is 4.07. The fourth-order valence-corrected chi connectivity index (χ4v) is 4.99. The highest BCUT2D eigenvalue weighted by atomic mass is 16.7. The van der Waals surface area contributed by atoms with Crippen LogP contribution in [0.15, 0.2) is 36.4 Å². The molecule has 0 spiro atoms. The van der Waals surface area contributed by atoms with Crippen LogP contribution in [-0.4, -0.2) is 36.6 Å². The van der Waals surface area contributed by atoms with Gasteiger partial charge in [-0.3, -0.25) is 0 Å². The van der Waals surface area contributed by atoms with Crippen molar-refractivity contribution in [2.75, 3.05) is 0 Å². The van der Waals surface area contributed by atoms with Gasteiger partial charge < -0.3 is 18.6 Å². The van der Waals surface area contributed by atoms with Crippen molar-refractivity contribution in [1.82, 2.24) is 0 Å². The van der Waals surface area contributed by atoms with E-state index in [0.717, 1.165) is 25.7 Å². The summed E-state index contributed by atoms with van der Waals surface area (Å²) in [6.45, 7) is 16.9. The molecule has 8 rings (SSSR count). The van der Waals surface area contributed by atoms with Crippen LogP contribution in [0, 0.1) is 0 Å². The van der Waals surface area contributed by atoms with Crippen LogP contribution in [0.25, 0.3) is 0 Å². The molecule has 0 aromatic heterocycles. The second-order valence-electron chi connectivity index (χ2n) is 12.2. The van der Waals surface area contributed by atoms with Gasteiger partial charge in [-0.2, -0.15) is 0 Å². The maximum Gasteiger partial charge on any atom is 0.495 e. The normalized spacial score (nSPS) is 24.4. The summed E-state index contributed by atoms with van der Waals surface area (Å²) in [4.78, 5) is 0. The first kappa shape index (κ1) is 24.1. The maximum absolute atomic E-state index is 6.45. The lowest BCUT2D eigenvalue weighted by Gasteiger charge is -2.32. The fourth-order valence-electron chi connectivity index (χ4n) is 4.99. The van der Waals surface area contributed by atoms with Crippen molar-refractivity contribution >= 4 is 25.2 Å². The molecule has 2 aromatic carbocycles. The first-order valence-corrected chi connectivity index (χ1v) is 12.7. The summed E-state index contributed by atoms with van der Waals surface area (Å²) < 4.78 is 25.8. The molecule has 4 bridgehead atoms. The number of aryl methyl sites for hydroxylation is 4. The lowest BCUT2D eigenvalue weighted by atomic mass is 9.71. The third-order valence-electron chi connectivity index (χ3n) is 8.80. The molecule has 2 aromatic rings. The minimum atomic E-state index is -0.352. The Morgan fingerprint density at radius 3 is 1.15 bits per heavy atom. The molecule has 0 atom stereocenters. The van der Waals surface area contributed by atoms with Gasteiger partial charge in [0.25, 0.3) is 0 Å². The Kier molecular flexibility index (Phi) is 5.65. The van der Waals surface area contributed by atoms with Gasteiger partial charge in [-0.1, -0.05) is 36.4 Å². The minimum Gasteiger partial charge on any atom is -0.399 e. The molecular formula is C28H38B2O4. The molecule has 0 saturated carbocycles. The third-order valence-corrected chi connectivity index (χ3v) is 8.80. The van der Waals surface area contributed by atoms with Crippen LogP contribution in [0.2, 0.25) is 0 Å². The summed E-state index contributed by atoms with van der Waals surface area (Å²) in [5.74, 6) is 0. The van der Waals surface area contributed by atoms with Crippen molar-refractivity contribution in [2.45, 2.75) is 103 Å². The molecule has 0 amide bonds. The van der Waals surface area contributed by atoms with E-state index in [-0.39, 0.29) is 36.6 Å². The van der Waals surface area contributed by atoms with Crippen molar-refractivity contribution in [3.05, 3.63) is 58.7 Å². The van der Waals surface area contributed by atoms with Crippen LogP contribution in [0.4, 0.5) is 0 Å². The Hall–Kier alpha value is -1.59. The molecule has 6 heteroatoms. The standard InChI is InChI=1S/C28H38B2O4/c1-25(2)26(3,4)32-29(31-25)23-17-19-9-10-20-12-14-22(16-15-21(23)13-11-19)24(18-20)30-33-27(5,6)28(7,8)34-30/h11-14,17-18H,9-10,15-16H2,1-8H3. The topological polar surface area (TPSA) is 36.9 Å². The van der Waals surface area contributed by atoms with E-state index in [2.05, 4.69) is 91.8 Å². The summed E-state index contributed by atoms with van der Waals surface area (Å²) in [5.41, 5.74) is 6.13. The van der Waals surface area contributed by atoms with E-state index in [0.29, 0.717) is 0 Å². The second kappa shape index (κ2) is 7.96. The molecule has 0 radical (unpaired) electrons. The van der Waals surface area contributed by atoms with E-state index in [9.17, 15) is 0 Å². The molecule has 2 saturated heterocycles. The van der Waals surface area contributed by atoms with Gasteiger partial charge in [0.05, 0.1) is 22.4 Å². The van der Waals surface area contributed by atoms with Crippen molar-refractivity contribution < 1.29 is 18.6 Å². The molecule has 0 N–H and O–H groups in total. The number of rotatable bonds is 2. The monoisotopic (exact) mass is 460 g/mol. The number of benzene rings is 2. The van der Waals surface area contributed by atoms with Crippen LogP contribution >= 0.6 is 0 Å². The number of hydrogen-bond donors (Lipinski definition) is 0. The Morgan fingerprint density at radius 2 is 0.824 bits per heavy atom. The van der Waals surface area contributed by atoms with Crippen molar-refractivity contribution in [3.8, 4) is 0 Å². The van der Waals surface area contributed by atoms with Gasteiger partial charge in [0.1, 0.15) is 0 Å². The maximum atomic E-state index is 6.45. The highest BCUT2D eigenvalue weighted by molar-refractivity contribution is 6.63. The van der Waals surface area contributed by atoms with Gasteiger partial charge in [-0.25, -0.2) is 0 Å². The smallest absolute Gasteiger partial charge is 0.399 e. The predicted octanol–water partition coefficient (Wildman–Crippen LogP) is 4.17. The zero-order valence-corrected chi connectivity index (χ0v) is 22.1. The summed E-state index contributed by atoms with van der Waals surface area (Å²) in [5, 5.41) is 0. The summed E-state index contributed by atoms with van der Waals surface area (Å²) in [7, 11) is -0.683. The van der Waals surface area contributed by atoms with Crippen LogP contribution in [0.5, 0.6) is 0 Å². The highest BCUT2D eigenvalue weighted by Gasteiger charge is 2.53. The van der Waals surface area contributed by atoms with Crippen LogP contribution in [0.3, 0.4) is 0 Å². The van der Waals surface area contributed by atoms with E-state index >= 15 is 0 Å². The molecule has 2 fully saturated rings. The van der Waals surface area contributed by atoms with Gasteiger partial charge in [-0.05, 0) is 114 Å². The molecule has 4 nitrogen and oxygen atoms in total. The van der Waals surface area contributed by atoms with Gasteiger partial charge in [-0.15, -0.1) is 0 Å². The first-order valence-electron chi connectivity index (χ1n) is 12.7. The van der Waals surface area contributed by atoms with Crippen LogP contribution in [-0.2, 0) is 44.3 Å². The van der Waals surface area contributed by atoms with Gasteiger partial charge in [0.15, 0.2) is 0 Å². The number of hydrogen-bond acceptors (Lipinski definition) is 4. The van der Waals surface area contributed by atoms with Gasteiger partial charge >= 0.3 is 14.2 Å². The van der Waals surface area contributed by atoms with E-state index < -0.39 is 0 Å². The molecule has 34 heavy (non-hydrogen) atoms. The average molecular weight is 460 g/mol. The Morgan fingerprint density at radius 1 is 0.500 bits per heavy atom. The summed E-state index contributed by atoms with van der Waals surface area (Å²) in [6.07, 6.45) is 3.75. The lowest BCUT2D eigenvalue weighted by molar-refractivity contribution is 0.00578. The van der Waals surface area contributed by atoms with Crippen molar-refractivity contribution in [3.63, 3.8) is 0 Å². The van der Waals surface area contributed by atoms with E-state index in [4.69, 9.17) is 18.6 Å². The summed E-state index contributed by atoms with van der Waals surface area (Å²) in [6, 6.07) is 13.7. The first-order chi connectivity index (χ1) is 15.8. The van der Waals surface area contributed by atoms with Crippen molar-refractivity contribution in [1.29, 1.82) is 0 Å². The van der Waals surface area contributed by atoms with Gasteiger partial charge in [0.2, 0.25) is 0 Å². The van der Waals surface area contributed by atoms with E-state index in [1.54, 1.807) is 0 Å². The SMILES string of the molecule is CC1(C)OB(c2cc3ccc2CCc2ccc(cc2B2OC(C)(C)C(C)(C)O2)CC3)OC1(C)C. The van der Waals surface area contributed by atoms with Crippen LogP contribution in [0.1, 0.15) is 77.6 Å². The molecule has 180 valence electrons. The Balaban J connectivity index is 1.49. The molecule has 0 unspecified atom stereocenters. The van der Waals surface area contributed by atoms with Crippen LogP contribution < -0.4 is 10.9 Å². The molecule has 2 heterocycles.